The van der Waals surface area contributed by atoms with Crippen LogP contribution in [-0.2, 0) is 12.0 Å². The summed E-state index contributed by atoms with van der Waals surface area (Å²) in [7, 11) is 0. The van der Waals surface area contributed by atoms with E-state index in [0.29, 0.717) is 27.7 Å². The van der Waals surface area contributed by atoms with Crippen LogP contribution >= 0.6 is 23.4 Å². The predicted molar refractivity (Wildman–Crippen MR) is 114 cm³/mol. The molecule has 0 saturated heterocycles. The number of halogens is 2. The zero-order valence-corrected chi connectivity index (χ0v) is 17.9. The van der Waals surface area contributed by atoms with Crippen LogP contribution in [0.2, 0.25) is 5.02 Å². The van der Waals surface area contributed by atoms with Crippen LogP contribution in [-0.4, -0.2) is 20.7 Å². The summed E-state index contributed by atoms with van der Waals surface area (Å²) in [4.78, 5) is 21.4. The second-order valence-electron chi connectivity index (χ2n) is 8.02. The Morgan fingerprint density at radius 3 is 2.68 bits per heavy atom. The quantitative estimate of drug-likeness (QED) is 0.704. The molecule has 0 amide bonds. The zero-order chi connectivity index (χ0) is 20.7. The number of aryl methyl sites for hydroxylation is 1. The molecule has 0 aliphatic carbocycles. The lowest BCUT2D eigenvalue weighted by atomic mass is 9.82. The molecule has 7 heteroatoms. The number of hydrogen-bond acceptors (Lipinski definition) is 5. The summed E-state index contributed by atoms with van der Waals surface area (Å²) in [5.74, 6) is -0.570. The molecule has 0 fully saturated rings. The summed E-state index contributed by atoms with van der Waals surface area (Å²) in [6, 6.07) is 6.40. The van der Waals surface area contributed by atoms with Gasteiger partial charge in [0.05, 0.1) is 10.6 Å². The number of nitrogens with zero attached hydrogens (tertiary/aromatic N) is 2. The molecular formula is C21H23ClFN3OS. The van der Waals surface area contributed by atoms with Gasteiger partial charge >= 0.3 is 0 Å². The number of Topliss-reactive ketones (excluding diaryl/α,β-unsaturated/α-hetero) is 1. The second-order valence-corrected chi connectivity index (χ2v) is 10.2. The molecule has 0 unspecified atom stereocenters. The number of pyridine rings is 1. The van der Waals surface area contributed by atoms with Gasteiger partial charge in [0.25, 0.3) is 0 Å². The molecule has 0 bridgehead atoms. The molecule has 1 aliphatic rings. The van der Waals surface area contributed by atoms with E-state index >= 15 is 0 Å². The smallest absolute Gasteiger partial charge is 0.187 e. The lowest BCUT2D eigenvalue weighted by Crippen LogP contribution is -2.38. The van der Waals surface area contributed by atoms with Crippen molar-refractivity contribution in [3.63, 3.8) is 0 Å². The fourth-order valence-electron chi connectivity index (χ4n) is 3.71. The van der Waals surface area contributed by atoms with E-state index in [0.717, 1.165) is 5.56 Å². The van der Waals surface area contributed by atoms with Gasteiger partial charge in [0.15, 0.2) is 11.0 Å². The fraction of sp³-hybridized carbons (Fsp3) is 0.381. The zero-order valence-electron chi connectivity index (χ0n) is 16.3. The first kappa shape index (κ1) is 20.8. The lowest BCUT2D eigenvalue weighted by Gasteiger charge is -2.39. The molecule has 0 spiro atoms. The number of rotatable bonds is 4. The molecular weight excluding hydrogens is 397 g/mol. The molecule has 1 aromatic carbocycles. The van der Waals surface area contributed by atoms with Crippen LogP contribution in [0.25, 0.3) is 0 Å². The fourth-order valence-corrected chi connectivity index (χ4v) is 5.20. The van der Waals surface area contributed by atoms with Gasteiger partial charge in [-0.3, -0.25) is 14.8 Å². The van der Waals surface area contributed by atoms with Crippen LogP contribution in [0, 0.1) is 12.7 Å². The van der Waals surface area contributed by atoms with Crippen molar-refractivity contribution < 1.29 is 9.18 Å². The Balaban J connectivity index is 1.94. The summed E-state index contributed by atoms with van der Waals surface area (Å²) in [6.45, 7) is 7.86. The van der Waals surface area contributed by atoms with Crippen LogP contribution in [0.4, 0.5) is 4.39 Å². The topological polar surface area (TPSA) is 68.3 Å². The number of nitrogens with two attached hydrogens (primary N) is 1. The van der Waals surface area contributed by atoms with E-state index in [9.17, 15) is 9.18 Å². The number of carbonyl (C=O) groups excluding carboxylic acids is 1. The lowest BCUT2D eigenvalue weighted by molar-refractivity contribution is 0.0988. The third kappa shape index (κ3) is 4.39. The summed E-state index contributed by atoms with van der Waals surface area (Å²) < 4.78 is 14.5. The van der Waals surface area contributed by atoms with E-state index in [1.54, 1.807) is 24.4 Å². The maximum absolute atomic E-state index is 14.7. The van der Waals surface area contributed by atoms with E-state index in [4.69, 9.17) is 17.3 Å². The van der Waals surface area contributed by atoms with Crippen molar-refractivity contribution >= 4 is 34.3 Å². The van der Waals surface area contributed by atoms with Crippen LogP contribution in [0.15, 0.2) is 35.5 Å². The minimum atomic E-state index is -0.790. The van der Waals surface area contributed by atoms with Crippen molar-refractivity contribution in [1.29, 1.82) is 0 Å². The summed E-state index contributed by atoms with van der Waals surface area (Å²) in [6.07, 6.45) is 2.32. The van der Waals surface area contributed by atoms with Crippen molar-refractivity contribution in [3.8, 4) is 0 Å². The average Bonchev–Trinajstić information content (AvgIpc) is 2.54. The summed E-state index contributed by atoms with van der Waals surface area (Å²) in [5, 5.41) is 0.762. The Bertz CT molecular complexity index is 976. The Kier molecular flexibility index (Phi) is 5.56. The van der Waals surface area contributed by atoms with Gasteiger partial charge in [0, 0.05) is 22.9 Å². The largest absolute Gasteiger partial charge is 0.378 e. The van der Waals surface area contributed by atoms with Gasteiger partial charge < -0.3 is 5.73 Å². The van der Waals surface area contributed by atoms with Crippen LogP contribution in [0.3, 0.4) is 0 Å². The van der Waals surface area contributed by atoms with E-state index in [1.807, 2.05) is 13.8 Å². The van der Waals surface area contributed by atoms with Crippen molar-refractivity contribution in [1.82, 2.24) is 4.98 Å². The molecule has 2 heterocycles. The van der Waals surface area contributed by atoms with E-state index < -0.39 is 5.54 Å². The monoisotopic (exact) mass is 419 g/mol. The minimum Gasteiger partial charge on any atom is -0.378 e. The van der Waals surface area contributed by atoms with E-state index in [-0.39, 0.29) is 28.5 Å². The van der Waals surface area contributed by atoms with E-state index in [2.05, 4.69) is 23.8 Å². The predicted octanol–water partition coefficient (Wildman–Crippen LogP) is 5.05. The first-order chi connectivity index (χ1) is 13.0. The van der Waals surface area contributed by atoms with Gasteiger partial charge in [-0.1, -0.05) is 43.3 Å². The number of hydrogen-bond donors (Lipinski definition) is 1. The molecule has 1 atom stereocenters. The summed E-state index contributed by atoms with van der Waals surface area (Å²) >= 11 is 7.65. The third-order valence-electron chi connectivity index (χ3n) is 4.73. The number of benzene rings is 1. The van der Waals surface area contributed by atoms with Crippen molar-refractivity contribution in [2.24, 2.45) is 10.7 Å². The van der Waals surface area contributed by atoms with Crippen LogP contribution in [0.1, 0.15) is 54.4 Å². The Hall–Kier alpha value is -1.92. The van der Waals surface area contributed by atoms with Crippen LogP contribution < -0.4 is 5.73 Å². The Morgan fingerprint density at radius 1 is 1.32 bits per heavy atom. The maximum Gasteiger partial charge on any atom is 0.187 e. The Morgan fingerprint density at radius 2 is 2.04 bits per heavy atom. The van der Waals surface area contributed by atoms with Crippen LogP contribution in [0.5, 0.6) is 0 Å². The molecule has 2 aromatic rings. The average molecular weight is 420 g/mol. The normalized spacial score (nSPS) is 21.3. The molecule has 2 N–H and O–H groups in total. The molecule has 28 heavy (non-hydrogen) atoms. The number of ketones is 1. The first-order valence-electron chi connectivity index (χ1n) is 8.98. The van der Waals surface area contributed by atoms with Crippen molar-refractivity contribution in [2.45, 2.75) is 50.8 Å². The molecule has 3 rings (SSSR count). The maximum atomic E-state index is 14.7. The van der Waals surface area contributed by atoms with Crippen molar-refractivity contribution in [3.05, 3.63) is 63.7 Å². The molecule has 1 aromatic heterocycles. The molecule has 0 saturated carbocycles. The Labute approximate surface area is 173 Å². The van der Waals surface area contributed by atoms with Gasteiger partial charge in [-0.05, 0) is 49.6 Å². The minimum absolute atomic E-state index is 0.0798. The number of aliphatic imine (C=N–C) groups is 1. The highest BCUT2D eigenvalue weighted by Gasteiger charge is 2.40. The SMILES string of the molecule is Cc1cnc(C(=O)Cc2ccc(F)c([C@]3(C)CC(C)(C)SC(N)=N3)c2)c(Cl)c1. The standard InChI is InChI=1S/C21H23ClFN3OS/c1-12-7-15(22)18(25-10-12)17(27)9-13-5-6-16(23)14(8-13)21(4)11-20(2,3)28-19(24)26-21/h5-8,10H,9,11H2,1-4H3,(H2,24,26)/t21-/m0/s1. The second kappa shape index (κ2) is 7.48. The highest BCUT2D eigenvalue weighted by molar-refractivity contribution is 8.15. The van der Waals surface area contributed by atoms with Gasteiger partial charge in [0.2, 0.25) is 0 Å². The van der Waals surface area contributed by atoms with Gasteiger partial charge in [-0.25, -0.2) is 4.39 Å². The highest BCUT2D eigenvalue weighted by Crippen LogP contribution is 2.45. The molecule has 4 nitrogen and oxygen atoms in total. The molecule has 0 radical (unpaired) electrons. The number of amidine groups is 1. The van der Waals surface area contributed by atoms with Gasteiger partial charge in [-0.2, -0.15) is 0 Å². The first-order valence-corrected chi connectivity index (χ1v) is 10.2. The number of thioether (sulfide) groups is 1. The van der Waals surface area contributed by atoms with Crippen molar-refractivity contribution in [2.75, 3.05) is 0 Å². The summed E-state index contributed by atoms with van der Waals surface area (Å²) in [5.41, 5.74) is 7.45. The number of carbonyl (C=O) groups is 1. The van der Waals surface area contributed by atoms with Gasteiger partial charge in [-0.15, -0.1) is 0 Å². The van der Waals surface area contributed by atoms with Gasteiger partial charge in [0.1, 0.15) is 11.5 Å². The highest BCUT2D eigenvalue weighted by atomic mass is 35.5. The molecule has 148 valence electrons. The van der Waals surface area contributed by atoms with E-state index in [1.165, 1.54) is 17.8 Å². The number of aromatic nitrogens is 1. The third-order valence-corrected chi connectivity index (χ3v) is 6.01. The molecule has 1 aliphatic heterocycles.